The predicted molar refractivity (Wildman–Crippen MR) is 66.5 cm³/mol. The van der Waals surface area contributed by atoms with Gasteiger partial charge in [-0.15, -0.1) is 0 Å². The predicted octanol–water partition coefficient (Wildman–Crippen LogP) is 4.65. The number of hydrogen-bond donors (Lipinski definition) is 0. The van der Waals surface area contributed by atoms with E-state index < -0.39 is 0 Å². The minimum atomic E-state index is 0.851. The van der Waals surface area contributed by atoms with Gasteiger partial charge in [0, 0.05) is 10.8 Å². The molecular formula is C14H9Cl. The van der Waals surface area contributed by atoms with E-state index in [1.165, 1.54) is 10.8 Å². The molecule has 0 heterocycles. The lowest BCUT2D eigenvalue weighted by atomic mass is 10.0. The molecule has 3 aromatic rings. The second-order valence-corrected chi connectivity index (χ2v) is 4.01. The van der Waals surface area contributed by atoms with Gasteiger partial charge < -0.3 is 0 Å². The van der Waals surface area contributed by atoms with Crippen molar-refractivity contribution in [3.05, 3.63) is 59.6 Å². The SMILES string of the molecule is Clc1c2ccccc2cc2ccccc12. The third-order valence-electron chi connectivity index (χ3n) is 2.71. The molecule has 0 radical (unpaired) electrons. The first-order valence-electron chi connectivity index (χ1n) is 4.92. The summed E-state index contributed by atoms with van der Waals surface area (Å²) in [5.41, 5.74) is 0. The van der Waals surface area contributed by atoms with Gasteiger partial charge in [-0.3, -0.25) is 0 Å². The molecule has 0 amide bonds. The summed E-state index contributed by atoms with van der Waals surface area (Å²) in [5, 5.41) is 5.49. The molecule has 0 aliphatic rings. The Morgan fingerprint density at radius 2 is 1.13 bits per heavy atom. The zero-order valence-corrected chi connectivity index (χ0v) is 8.83. The van der Waals surface area contributed by atoms with Gasteiger partial charge >= 0.3 is 0 Å². The van der Waals surface area contributed by atoms with Crippen LogP contribution in [0.15, 0.2) is 54.6 Å². The molecule has 15 heavy (non-hydrogen) atoms. The van der Waals surface area contributed by atoms with Crippen molar-refractivity contribution < 1.29 is 0 Å². The highest BCUT2D eigenvalue weighted by Crippen LogP contribution is 2.31. The first kappa shape index (κ1) is 8.75. The van der Waals surface area contributed by atoms with Crippen molar-refractivity contribution in [3.8, 4) is 0 Å². The van der Waals surface area contributed by atoms with E-state index in [0.717, 1.165) is 15.8 Å². The Kier molecular flexibility index (Phi) is 1.90. The molecule has 0 aromatic heterocycles. The smallest absolute Gasteiger partial charge is 0.0562 e. The fraction of sp³-hybridized carbons (Fsp3) is 0. The molecule has 0 bridgehead atoms. The van der Waals surface area contributed by atoms with E-state index in [-0.39, 0.29) is 0 Å². The highest BCUT2D eigenvalue weighted by Gasteiger charge is 2.03. The standard InChI is InChI=1S/C14H9Cl/c15-14-12-7-3-1-5-10(12)9-11-6-2-4-8-13(11)14/h1-9H. The van der Waals surface area contributed by atoms with Crippen molar-refractivity contribution in [2.24, 2.45) is 0 Å². The van der Waals surface area contributed by atoms with E-state index in [0.29, 0.717) is 0 Å². The van der Waals surface area contributed by atoms with Crippen LogP contribution in [0.2, 0.25) is 5.02 Å². The van der Waals surface area contributed by atoms with E-state index in [1.54, 1.807) is 0 Å². The Morgan fingerprint density at radius 1 is 0.667 bits per heavy atom. The molecule has 0 N–H and O–H groups in total. The Hall–Kier alpha value is -1.53. The van der Waals surface area contributed by atoms with Crippen molar-refractivity contribution >= 4 is 33.1 Å². The molecule has 1 heteroatoms. The first-order chi connectivity index (χ1) is 7.36. The van der Waals surface area contributed by atoms with Crippen LogP contribution < -0.4 is 0 Å². The van der Waals surface area contributed by atoms with Crippen molar-refractivity contribution in [1.29, 1.82) is 0 Å². The minimum Gasteiger partial charge on any atom is -0.0830 e. The molecular weight excluding hydrogens is 204 g/mol. The summed E-state index contributed by atoms with van der Waals surface area (Å²) in [7, 11) is 0. The Balaban J connectivity index is 2.60. The Labute approximate surface area is 93.1 Å². The van der Waals surface area contributed by atoms with Crippen LogP contribution >= 0.6 is 11.6 Å². The lowest BCUT2D eigenvalue weighted by molar-refractivity contribution is 1.76. The molecule has 0 nitrogen and oxygen atoms in total. The quantitative estimate of drug-likeness (QED) is 0.476. The van der Waals surface area contributed by atoms with E-state index in [1.807, 2.05) is 24.3 Å². The molecule has 0 aliphatic heterocycles. The molecule has 0 spiro atoms. The minimum absolute atomic E-state index is 0.851. The van der Waals surface area contributed by atoms with E-state index in [2.05, 4.69) is 30.3 Å². The van der Waals surface area contributed by atoms with Crippen LogP contribution in [0.25, 0.3) is 21.5 Å². The van der Waals surface area contributed by atoms with Gasteiger partial charge in [-0.2, -0.15) is 0 Å². The maximum atomic E-state index is 6.37. The summed E-state index contributed by atoms with van der Waals surface area (Å²) in [4.78, 5) is 0. The van der Waals surface area contributed by atoms with E-state index in [4.69, 9.17) is 11.6 Å². The molecule has 0 saturated carbocycles. The lowest BCUT2D eigenvalue weighted by Crippen LogP contribution is -1.78. The third-order valence-corrected chi connectivity index (χ3v) is 3.11. The van der Waals surface area contributed by atoms with Crippen molar-refractivity contribution in [2.45, 2.75) is 0 Å². The second-order valence-electron chi connectivity index (χ2n) is 3.63. The van der Waals surface area contributed by atoms with Gasteiger partial charge in [0.25, 0.3) is 0 Å². The summed E-state index contributed by atoms with van der Waals surface area (Å²) in [6.07, 6.45) is 0. The first-order valence-corrected chi connectivity index (χ1v) is 5.30. The maximum Gasteiger partial charge on any atom is 0.0562 e. The largest absolute Gasteiger partial charge is 0.0830 e. The van der Waals surface area contributed by atoms with E-state index in [9.17, 15) is 0 Å². The highest BCUT2D eigenvalue weighted by molar-refractivity contribution is 6.40. The average molecular weight is 213 g/mol. The molecule has 0 aliphatic carbocycles. The van der Waals surface area contributed by atoms with Crippen LogP contribution in [0.3, 0.4) is 0 Å². The number of hydrogen-bond acceptors (Lipinski definition) is 0. The lowest BCUT2D eigenvalue weighted by Gasteiger charge is -2.05. The number of benzene rings is 3. The molecule has 0 atom stereocenters. The molecule has 3 aromatic carbocycles. The van der Waals surface area contributed by atoms with Gasteiger partial charge in [0.1, 0.15) is 0 Å². The highest BCUT2D eigenvalue weighted by atomic mass is 35.5. The van der Waals surface area contributed by atoms with Crippen molar-refractivity contribution in [1.82, 2.24) is 0 Å². The van der Waals surface area contributed by atoms with Crippen LogP contribution in [0.1, 0.15) is 0 Å². The number of fused-ring (bicyclic) bond motifs is 2. The summed E-state index contributed by atoms with van der Waals surface area (Å²) in [6.45, 7) is 0. The monoisotopic (exact) mass is 212 g/mol. The molecule has 72 valence electrons. The normalized spacial score (nSPS) is 11.0. The molecule has 0 fully saturated rings. The summed E-state index contributed by atoms with van der Waals surface area (Å²) in [6, 6.07) is 18.6. The van der Waals surface area contributed by atoms with Gasteiger partial charge in [-0.1, -0.05) is 60.1 Å². The molecule has 0 saturated heterocycles. The summed E-state index contributed by atoms with van der Waals surface area (Å²) >= 11 is 6.37. The fourth-order valence-electron chi connectivity index (χ4n) is 1.96. The van der Waals surface area contributed by atoms with Gasteiger partial charge in [-0.05, 0) is 16.8 Å². The van der Waals surface area contributed by atoms with E-state index >= 15 is 0 Å². The average Bonchev–Trinajstić information content (AvgIpc) is 2.30. The van der Waals surface area contributed by atoms with Gasteiger partial charge in [0.15, 0.2) is 0 Å². The molecule has 0 unspecified atom stereocenters. The number of halogens is 1. The van der Waals surface area contributed by atoms with Crippen LogP contribution in [0, 0.1) is 0 Å². The van der Waals surface area contributed by atoms with Gasteiger partial charge in [0.05, 0.1) is 5.02 Å². The fourth-order valence-corrected chi connectivity index (χ4v) is 2.30. The molecule has 3 rings (SSSR count). The maximum absolute atomic E-state index is 6.37. The topological polar surface area (TPSA) is 0 Å². The summed E-state index contributed by atoms with van der Waals surface area (Å²) in [5.74, 6) is 0. The zero-order valence-electron chi connectivity index (χ0n) is 8.07. The number of rotatable bonds is 0. The van der Waals surface area contributed by atoms with Crippen LogP contribution in [-0.4, -0.2) is 0 Å². The van der Waals surface area contributed by atoms with Crippen molar-refractivity contribution in [3.63, 3.8) is 0 Å². The zero-order chi connectivity index (χ0) is 10.3. The second kappa shape index (κ2) is 3.25. The van der Waals surface area contributed by atoms with Gasteiger partial charge in [0.2, 0.25) is 0 Å². The van der Waals surface area contributed by atoms with Crippen molar-refractivity contribution in [2.75, 3.05) is 0 Å². The Morgan fingerprint density at radius 3 is 1.67 bits per heavy atom. The van der Waals surface area contributed by atoms with Crippen LogP contribution in [0.4, 0.5) is 0 Å². The van der Waals surface area contributed by atoms with Crippen LogP contribution in [-0.2, 0) is 0 Å². The van der Waals surface area contributed by atoms with Gasteiger partial charge in [-0.25, -0.2) is 0 Å². The third kappa shape index (κ3) is 1.30. The Bertz CT molecular complexity index is 587. The summed E-state index contributed by atoms with van der Waals surface area (Å²) < 4.78 is 0. The van der Waals surface area contributed by atoms with Crippen LogP contribution in [0.5, 0.6) is 0 Å².